The number of carbonyl (C=O) groups is 9. The van der Waals surface area contributed by atoms with E-state index in [9.17, 15) is 43.2 Å². The number of aromatic nitrogens is 6. The maximum atomic E-state index is 13.5. The number of nitrogens with zero attached hydrogens (tertiary/aromatic N) is 9. The SMILES string of the molecule is CCC(C)Cn1nc(C(=O)N[C@H](CC(=O)N(C)CC(=O)OC)CC(C)C)cc1-c1c(OC)cccc1OC.CCC(CC)Cn1nc(C(=O)N[C@H](CC(=O)N(C)CC(=O)OC)CC(C)C)cc1-c1c(OC)cccc1OC.COC(=O)CN(C)C(=O)[C@H](CC(C)C)NC(=O)c1cc(-c2c(OC)cccc2OC)n(CC(C)C)n1. The van der Waals surface area contributed by atoms with Gasteiger partial charge in [-0.2, -0.15) is 15.3 Å². The first-order chi connectivity index (χ1) is 53.6. The fourth-order valence-corrected chi connectivity index (χ4v) is 12.5. The van der Waals surface area contributed by atoms with Gasteiger partial charge in [0.25, 0.3) is 17.7 Å². The van der Waals surface area contributed by atoms with E-state index in [4.69, 9.17) is 33.5 Å². The number of methoxy groups -OCH3 is 9. The van der Waals surface area contributed by atoms with Crippen molar-refractivity contribution in [1.29, 1.82) is 0 Å². The molecule has 3 heterocycles. The van der Waals surface area contributed by atoms with E-state index in [0.717, 1.165) is 30.5 Å². The molecule has 6 rings (SSSR count). The summed E-state index contributed by atoms with van der Waals surface area (Å²) in [6.45, 7) is 25.9. The molecule has 0 spiro atoms. The van der Waals surface area contributed by atoms with Crippen molar-refractivity contribution in [3.63, 3.8) is 0 Å². The molecular weight excluding hydrogens is 1450 g/mol. The fourth-order valence-electron chi connectivity index (χ4n) is 12.5. The standard InChI is InChI=1S/C29H44N4O6.C28H42N4O6.C26H38N4O6/c1-9-20(10-2)17-33-23(28-24(37-6)12-11-13-25(28)38-7)16-22(31-33)29(36)30-21(14-19(3)4)15-26(34)32(5)18-27(35)39-8;1-9-19(4)16-32-22(27-23(36-6)11-10-12-24(27)37-7)15-21(30-32)28(35)29-20(13-18(2)3)14-25(33)31(5)17-26(34)38-8;1-16(2)12-19(26(33)29(5)15-23(31)36-8)27-25(32)18-13-20(30(28-18)14-17(3)4)24-21(34-6)10-9-11-22(24)35-7/h11-13,16,19-21H,9-10,14-15,17-18H2,1-8H3,(H,30,36);10-12,15,18-20H,9,13-14,16-17H2,1-8H3,(H,29,35);9-11,13,16-17,19H,12,14-15H2,1-8H3,(H,27,32)/t21-;19?,20-;19-/m000/s1. The predicted molar refractivity (Wildman–Crippen MR) is 431 cm³/mol. The Morgan fingerprint density at radius 3 is 0.973 bits per heavy atom. The Morgan fingerprint density at radius 2 is 0.690 bits per heavy atom. The first kappa shape index (κ1) is 94.7. The lowest BCUT2D eigenvalue weighted by molar-refractivity contribution is -0.146. The second-order valence-corrected chi connectivity index (χ2v) is 29.6. The number of benzene rings is 3. The summed E-state index contributed by atoms with van der Waals surface area (Å²) in [6, 6.07) is 20.0. The molecule has 30 heteroatoms. The number of hydrogen-bond donors (Lipinski definition) is 3. The van der Waals surface area contributed by atoms with Gasteiger partial charge >= 0.3 is 17.9 Å². The molecule has 30 nitrogen and oxygen atoms in total. The summed E-state index contributed by atoms with van der Waals surface area (Å²) in [4.78, 5) is 118. The number of amides is 6. The molecule has 0 aliphatic carbocycles. The fraction of sp³-hybridized carbons (Fsp3) is 0.566. The summed E-state index contributed by atoms with van der Waals surface area (Å²) in [7, 11) is 17.9. The van der Waals surface area contributed by atoms with Crippen molar-refractivity contribution in [2.75, 3.05) is 105 Å². The number of rotatable bonds is 41. The molecule has 6 aromatic rings. The molecule has 3 aromatic heterocycles. The van der Waals surface area contributed by atoms with Crippen LogP contribution in [0.5, 0.6) is 34.5 Å². The van der Waals surface area contributed by atoms with Crippen LogP contribution in [0.15, 0.2) is 72.8 Å². The zero-order chi connectivity index (χ0) is 84.5. The van der Waals surface area contributed by atoms with Crippen molar-refractivity contribution in [2.45, 2.75) is 172 Å². The van der Waals surface area contributed by atoms with Gasteiger partial charge in [-0.25, -0.2) is 0 Å². The molecular formula is C83H124N12O18. The monoisotopic (exact) mass is 1580 g/mol. The molecule has 1 unspecified atom stereocenters. The van der Waals surface area contributed by atoms with Crippen molar-refractivity contribution in [3.05, 3.63) is 89.9 Å². The van der Waals surface area contributed by atoms with Gasteiger partial charge in [0.1, 0.15) is 60.2 Å². The van der Waals surface area contributed by atoms with Crippen LogP contribution in [0.2, 0.25) is 0 Å². The van der Waals surface area contributed by atoms with Crippen LogP contribution in [0.4, 0.5) is 0 Å². The maximum Gasteiger partial charge on any atom is 0.325 e. The van der Waals surface area contributed by atoms with E-state index in [1.807, 2.05) is 106 Å². The minimum atomic E-state index is -0.827. The van der Waals surface area contributed by atoms with Crippen LogP contribution in [0.3, 0.4) is 0 Å². The molecule has 4 atom stereocenters. The highest BCUT2D eigenvalue weighted by molar-refractivity contribution is 5.98. The highest BCUT2D eigenvalue weighted by Gasteiger charge is 2.32. The van der Waals surface area contributed by atoms with E-state index >= 15 is 0 Å². The Hall–Kier alpha value is -10.7. The summed E-state index contributed by atoms with van der Waals surface area (Å²) in [5.41, 5.74) is 4.85. The van der Waals surface area contributed by atoms with Gasteiger partial charge in [0.15, 0.2) is 17.1 Å². The molecule has 0 aliphatic heterocycles. The molecule has 0 saturated carbocycles. The predicted octanol–water partition coefficient (Wildman–Crippen LogP) is 10.9. The quantitative estimate of drug-likeness (QED) is 0.0237. The van der Waals surface area contributed by atoms with Crippen LogP contribution in [0, 0.1) is 35.5 Å². The van der Waals surface area contributed by atoms with Crippen molar-refractivity contribution >= 4 is 53.4 Å². The molecule has 624 valence electrons. The number of ether oxygens (including phenoxy) is 9. The molecule has 0 radical (unpaired) electrons. The summed E-state index contributed by atoms with van der Waals surface area (Å²) in [5.74, 6) is 1.47. The van der Waals surface area contributed by atoms with Crippen LogP contribution in [-0.2, 0) is 62.6 Å². The Bertz CT molecular complexity index is 4020. The second-order valence-electron chi connectivity index (χ2n) is 29.6. The lowest BCUT2D eigenvalue weighted by Crippen LogP contribution is -2.49. The third-order valence-electron chi connectivity index (χ3n) is 18.7. The number of nitrogens with one attached hydrogen (secondary N) is 3. The van der Waals surface area contributed by atoms with Crippen LogP contribution < -0.4 is 44.4 Å². The average Bonchev–Trinajstić information content (AvgIpc) is 1.67. The minimum Gasteiger partial charge on any atom is -0.496 e. The summed E-state index contributed by atoms with van der Waals surface area (Å²) in [5, 5.41) is 22.8. The third kappa shape index (κ3) is 28.5. The van der Waals surface area contributed by atoms with Crippen molar-refractivity contribution < 1.29 is 85.8 Å². The number of esters is 3. The molecule has 0 saturated heterocycles. The first-order valence-electron chi connectivity index (χ1n) is 38.4. The van der Waals surface area contributed by atoms with Crippen molar-refractivity contribution in [3.8, 4) is 68.3 Å². The molecule has 0 fully saturated rings. The van der Waals surface area contributed by atoms with E-state index < -0.39 is 41.9 Å². The zero-order valence-corrected chi connectivity index (χ0v) is 70.9. The van der Waals surface area contributed by atoms with Crippen molar-refractivity contribution in [1.82, 2.24) is 60.0 Å². The maximum absolute atomic E-state index is 13.5. The Kier molecular flexibility index (Phi) is 39.4. The van der Waals surface area contributed by atoms with Gasteiger partial charge in [0, 0.05) is 65.7 Å². The van der Waals surface area contributed by atoms with Crippen LogP contribution in [0.1, 0.15) is 166 Å². The molecule has 3 aromatic carbocycles. The molecule has 0 aliphatic rings. The Balaban J connectivity index is 0.000000358. The lowest BCUT2D eigenvalue weighted by Gasteiger charge is -2.24. The largest absolute Gasteiger partial charge is 0.496 e. The second kappa shape index (κ2) is 47.0. The normalized spacial score (nSPS) is 12.1. The highest BCUT2D eigenvalue weighted by Crippen LogP contribution is 2.42. The summed E-state index contributed by atoms with van der Waals surface area (Å²) >= 11 is 0. The molecule has 113 heavy (non-hydrogen) atoms. The summed E-state index contributed by atoms with van der Waals surface area (Å²) < 4.78 is 53.0. The van der Waals surface area contributed by atoms with Gasteiger partial charge in [-0.15, -0.1) is 0 Å². The van der Waals surface area contributed by atoms with Crippen LogP contribution in [0.25, 0.3) is 33.8 Å². The molecule has 0 bridgehead atoms. The van der Waals surface area contributed by atoms with Gasteiger partial charge in [0.05, 0.1) is 97.8 Å². The van der Waals surface area contributed by atoms with Gasteiger partial charge in [-0.1, -0.05) is 121 Å². The number of hydrogen-bond acceptors (Lipinski definition) is 21. The molecule has 6 amide bonds. The minimum absolute atomic E-state index is 0.0537. The van der Waals surface area contributed by atoms with Gasteiger partial charge < -0.3 is 73.3 Å². The van der Waals surface area contributed by atoms with Gasteiger partial charge in [-0.3, -0.25) is 57.2 Å². The number of likely N-dealkylation sites (N-methyl/N-ethyl adjacent to an activating group) is 3. The highest BCUT2D eigenvalue weighted by atomic mass is 16.5. The van der Waals surface area contributed by atoms with E-state index in [2.05, 4.69) is 81.9 Å². The van der Waals surface area contributed by atoms with Crippen molar-refractivity contribution in [2.24, 2.45) is 35.5 Å². The average molecular weight is 1580 g/mol. The third-order valence-corrected chi connectivity index (χ3v) is 18.7. The van der Waals surface area contributed by atoms with E-state index in [0.29, 0.717) is 108 Å². The van der Waals surface area contributed by atoms with E-state index in [1.165, 1.54) is 50.1 Å². The Morgan fingerprint density at radius 1 is 0.389 bits per heavy atom. The van der Waals surface area contributed by atoms with E-state index in [1.54, 1.807) is 72.6 Å². The van der Waals surface area contributed by atoms with Gasteiger partial charge in [0.2, 0.25) is 17.7 Å². The number of carbonyl (C=O) groups excluding carboxylic acids is 9. The molecule has 3 N–H and O–H groups in total. The van der Waals surface area contributed by atoms with Crippen LogP contribution >= 0.6 is 0 Å². The smallest absolute Gasteiger partial charge is 0.325 e. The first-order valence-corrected chi connectivity index (χ1v) is 38.4. The summed E-state index contributed by atoms with van der Waals surface area (Å²) in [6.07, 6.45) is 4.57. The zero-order valence-electron chi connectivity index (χ0n) is 70.9. The van der Waals surface area contributed by atoms with E-state index in [-0.39, 0.29) is 103 Å². The van der Waals surface area contributed by atoms with Crippen LogP contribution in [-0.4, -0.2) is 220 Å². The topological polar surface area (TPSA) is 336 Å². The Labute approximate surface area is 666 Å². The van der Waals surface area contributed by atoms with Gasteiger partial charge in [-0.05, 0) is 109 Å². The lowest BCUT2D eigenvalue weighted by atomic mass is 10.00.